The van der Waals surface area contributed by atoms with Gasteiger partial charge in [0, 0.05) is 17.2 Å². The van der Waals surface area contributed by atoms with E-state index in [1.807, 2.05) is 13.1 Å². The van der Waals surface area contributed by atoms with Crippen LogP contribution in [0.4, 0.5) is 0 Å². The summed E-state index contributed by atoms with van der Waals surface area (Å²) in [6.45, 7) is 15.8. The minimum absolute atomic E-state index is 0. The molecule has 0 saturated carbocycles. The van der Waals surface area contributed by atoms with Gasteiger partial charge in [-0.1, -0.05) is 39.8 Å². The van der Waals surface area contributed by atoms with E-state index in [9.17, 15) is 0 Å². The van der Waals surface area contributed by atoms with Crippen LogP contribution < -0.4 is 63.5 Å². The first kappa shape index (κ1) is 23.0. The van der Waals surface area contributed by atoms with Crippen molar-refractivity contribution in [3.8, 4) is 5.92 Å². The molecule has 0 aromatic rings. The van der Waals surface area contributed by atoms with Crippen LogP contribution >= 0.6 is 0 Å². The molecular weight excluding hydrogens is 318 g/mol. The Morgan fingerprint density at radius 2 is 1.75 bits per heavy atom. The summed E-state index contributed by atoms with van der Waals surface area (Å²) in [4.78, 5) is 4.39. The van der Waals surface area contributed by atoms with E-state index in [2.05, 4.69) is 69.9 Å². The first-order valence-electron chi connectivity index (χ1n) is 7.09. The third-order valence-corrected chi connectivity index (χ3v) is 3.52. The van der Waals surface area contributed by atoms with Crippen molar-refractivity contribution in [2.45, 2.75) is 60.0 Å². The first-order valence-corrected chi connectivity index (χ1v) is 7.09. The standard InChI is InChI=1S/C17H29N2.Rb/c1-9-15(5)18-13-17(8,14(3)4)12-11-16(6,7)19-10-2;/h11-15,19H,10H2,2-8H3;/q-1;+1/b12-11-,18-13?;. The molecule has 2 atom stereocenters. The molecule has 0 bridgehead atoms. The fourth-order valence-electron chi connectivity index (χ4n) is 1.60. The van der Waals surface area contributed by atoms with Crippen LogP contribution in [0.3, 0.4) is 0 Å². The smallest absolute Gasteiger partial charge is 0.692 e. The molecule has 0 fully saturated rings. The fourth-order valence-corrected chi connectivity index (χ4v) is 1.60. The molecule has 1 N–H and O–H groups in total. The summed E-state index contributed by atoms with van der Waals surface area (Å²) in [5.41, 5.74) is -0.115. The van der Waals surface area contributed by atoms with Crippen LogP contribution in [0.1, 0.15) is 48.5 Å². The molecule has 3 heteroatoms. The number of nitrogens with one attached hydrogen (secondary N) is 1. The summed E-state index contributed by atoms with van der Waals surface area (Å²) in [5, 5.41) is 3.44. The molecule has 0 spiro atoms. The Morgan fingerprint density at radius 1 is 1.20 bits per heavy atom. The Hall–Kier alpha value is 0.735. The third kappa shape index (κ3) is 8.90. The summed E-state index contributed by atoms with van der Waals surface area (Å²) in [6, 6.07) is -0.173. The zero-order chi connectivity index (χ0) is 15.1. The van der Waals surface area contributed by atoms with Crippen LogP contribution in [-0.2, 0) is 0 Å². The van der Waals surface area contributed by atoms with Gasteiger partial charge in [0.05, 0.1) is 6.04 Å². The number of rotatable bonds is 7. The molecule has 108 valence electrons. The average molecular weight is 347 g/mol. The summed E-state index contributed by atoms with van der Waals surface area (Å²) in [7, 11) is 0. The van der Waals surface area contributed by atoms with Crippen LogP contribution in [0.15, 0.2) is 17.1 Å². The molecule has 0 amide bonds. The van der Waals surface area contributed by atoms with Crippen LogP contribution in [0.25, 0.3) is 0 Å². The zero-order valence-electron chi connectivity index (χ0n) is 14.5. The van der Waals surface area contributed by atoms with E-state index < -0.39 is 0 Å². The quantitative estimate of drug-likeness (QED) is 0.311. The predicted octanol–water partition coefficient (Wildman–Crippen LogP) is 0.646. The van der Waals surface area contributed by atoms with Crippen molar-refractivity contribution in [2.75, 3.05) is 6.54 Å². The zero-order valence-corrected chi connectivity index (χ0v) is 19.5. The van der Waals surface area contributed by atoms with Gasteiger partial charge in [0.15, 0.2) is 0 Å². The van der Waals surface area contributed by atoms with E-state index in [-0.39, 0.29) is 75.2 Å². The molecule has 2 nitrogen and oxygen atoms in total. The van der Waals surface area contributed by atoms with Gasteiger partial charge in [-0.3, -0.25) is 4.99 Å². The number of hydrogen-bond donors (Lipinski definition) is 1. The Morgan fingerprint density at radius 3 is 2.15 bits per heavy atom. The van der Waals surface area contributed by atoms with E-state index in [4.69, 9.17) is 6.42 Å². The molecule has 0 rings (SSSR count). The Kier molecular flexibility index (Phi) is 12.0. The average Bonchev–Trinajstić information content (AvgIpc) is 2.33. The van der Waals surface area contributed by atoms with Crippen molar-refractivity contribution in [3.05, 3.63) is 18.6 Å². The largest absolute Gasteiger partial charge is 1.00 e. The van der Waals surface area contributed by atoms with Crippen LogP contribution in [0.2, 0.25) is 0 Å². The number of hydrogen-bond acceptors (Lipinski definition) is 2. The second-order valence-corrected chi connectivity index (χ2v) is 6.20. The van der Waals surface area contributed by atoms with Gasteiger partial charge in [-0.05, 0) is 33.2 Å². The van der Waals surface area contributed by atoms with E-state index in [0.29, 0.717) is 5.92 Å². The number of likely N-dealkylation sites (N-methyl/N-ethyl adjacent to an activating group) is 1. The summed E-state index contributed by atoms with van der Waals surface area (Å²) >= 11 is 0. The predicted molar refractivity (Wildman–Crippen MR) is 84.9 cm³/mol. The SMILES string of the molecule is [C-]#CC(C)N=CC(C)(/C=C\C(C)(C)NCC)C(C)C.[Rb+]. The Labute approximate surface area is 175 Å². The molecule has 0 saturated heterocycles. The van der Waals surface area contributed by atoms with Crippen LogP contribution in [0, 0.1) is 23.7 Å². The van der Waals surface area contributed by atoms with Gasteiger partial charge in [-0.15, -0.1) is 0 Å². The molecule has 0 aliphatic rings. The molecule has 0 aromatic heterocycles. The van der Waals surface area contributed by atoms with Gasteiger partial charge in [0.25, 0.3) is 0 Å². The first-order chi connectivity index (χ1) is 8.67. The maximum Gasteiger partial charge on any atom is 1.00 e. The minimum atomic E-state index is -0.173. The second kappa shape index (κ2) is 10.5. The van der Waals surface area contributed by atoms with Crippen LogP contribution in [-0.4, -0.2) is 24.3 Å². The van der Waals surface area contributed by atoms with Crippen molar-refractivity contribution in [3.63, 3.8) is 0 Å². The topological polar surface area (TPSA) is 24.4 Å². The van der Waals surface area contributed by atoms with Gasteiger partial charge in [0.2, 0.25) is 0 Å². The van der Waals surface area contributed by atoms with E-state index in [1.54, 1.807) is 0 Å². The molecule has 0 aromatic carbocycles. The molecular formula is C17H29N2Rb. The molecule has 20 heavy (non-hydrogen) atoms. The van der Waals surface area contributed by atoms with E-state index >= 15 is 0 Å². The van der Waals surface area contributed by atoms with Gasteiger partial charge in [-0.2, -0.15) is 0 Å². The van der Waals surface area contributed by atoms with Crippen molar-refractivity contribution < 1.29 is 58.2 Å². The maximum atomic E-state index is 7.09. The van der Waals surface area contributed by atoms with E-state index in [0.717, 1.165) is 6.54 Å². The van der Waals surface area contributed by atoms with Crippen molar-refractivity contribution in [1.82, 2.24) is 5.32 Å². The van der Waals surface area contributed by atoms with Crippen molar-refractivity contribution in [2.24, 2.45) is 16.3 Å². The molecule has 0 heterocycles. The van der Waals surface area contributed by atoms with Gasteiger partial charge < -0.3 is 17.7 Å². The maximum absolute atomic E-state index is 7.09. The third-order valence-electron chi connectivity index (χ3n) is 3.52. The second-order valence-electron chi connectivity index (χ2n) is 6.20. The van der Waals surface area contributed by atoms with E-state index in [1.165, 1.54) is 0 Å². The van der Waals surface area contributed by atoms with Crippen molar-refractivity contribution >= 4 is 6.21 Å². The summed E-state index contributed by atoms with van der Waals surface area (Å²) < 4.78 is 0. The molecule has 0 aliphatic carbocycles. The van der Waals surface area contributed by atoms with Gasteiger partial charge >= 0.3 is 58.2 Å². The monoisotopic (exact) mass is 346 g/mol. The van der Waals surface area contributed by atoms with Gasteiger partial charge in [-0.25, -0.2) is 0 Å². The molecule has 2 unspecified atom stereocenters. The molecule has 0 radical (unpaired) electrons. The minimum Gasteiger partial charge on any atom is -0.692 e. The van der Waals surface area contributed by atoms with Crippen molar-refractivity contribution in [1.29, 1.82) is 0 Å². The number of aliphatic imine (C=N–C) groups is 1. The van der Waals surface area contributed by atoms with Crippen LogP contribution in [0.5, 0.6) is 0 Å². The number of allylic oxidation sites excluding steroid dienone is 1. The number of nitrogens with zero attached hydrogens (tertiary/aromatic N) is 1. The Balaban J connectivity index is 0. The summed E-state index contributed by atoms with van der Waals surface area (Å²) in [5.74, 6) is 2.83. The normalized spacial score (nSPS) is 16.9. The summed E-state index contributed by atoms with van der Waals surface area (Å²) in [6.07, 6.45) is 13.5. The Bertz CT molecular complexity index is 364. The fraction of sp³-hybridized carbons (Fsp3) is 0.706. The van der Waals surface area contributed by atoms with Gasteiger partial charge in [0.1, 0.15) is 0 Å². The molecule has 0 aliphatic heterocycles.